The van der Waals surface area contributed by atoms with Gasteiger partial charge < -0.3 is 10.3 Å². The second-order valence-electron chi connectivity index (χ2n) is 5.62. The van der Waals surface area contributed by atoms with Gasteiger partial charge >= 0.3 is 0 Å². The van der Waals surface area contributed by atoms with E-state index in [2.05, 4.69) is 10.3 Å². The van der Waals surface area contributed by atoms with Crippen molar-refractivity contribution >= 4 is 11.6 Å². The molecule has 1 aliphatic carbocycles. The number of anilines is 1. The average Bonchev–Trinajstić information content (AvgIpc) is 2.90. The Morgan fingerprint density at radius 2 is 1.89 bits per heavy atom. The summed E-state index contributed by atoms with van der Waals surface area (Å²) in [6.45, 7) is 0.922. The molecule has 3 N–H and O–H groups in total. The Balaban J connectivity index is 1.75. The Bertz CT molecular complexity index is 457. The lowest BCUT2D eigenvalue weighted by Gasteiger charge is -2.31. The van der Waals surface area contributed by atoms with Crippen molar-refractivity contribution in [3.05, 3.63) is 29.8 Å². The predicted octanol–water partition coefficient (Wildman–Crippen LogP) is 2.38. The normalized spacial score (nSPS) is 26.1. The van der Waals surface area contributed by atoms with Gasteiger partial charge in [-0.2, -0.15) is 0 Å². The van der Waals surface area contributed by atoms with Gasteiger partial charge in [-0.15, -0.1) is 0 Å². The number of fused-ring (bicyclic) bond motifs is 1. The van der Waals surface area contributed by atoms with E-state index in [9.17, 15) is 4.79 Å². The van der Waals surface area contributed by atoms with Gasteiger partial charge in [0.1, 0.15) is 0 Å². The van der Waals surface area contributed by atoms with Crippen LogP contribution in [-0.2, 0) is 0 Å². The number of nitrogens with zero attached hydrogens (tertiary/aromatic N) is 1. The number of likely N-dealkylation sites (tertiary alicyclic amines) is 1. The van der Waals surface area contributed by atoms with Gasteiger partial charge in [0.25, 0.3) is 5.91 Å². The van der Waals surface area contributed by atoms with Crippen LogP contribution in [0, 0.1) is 5.92 Å². The van der Waals surface area contributed by atoms with Gasteiger partial charge in [0.05, 0.1) is 0 Å². The standard InChI is InChI=1S/C15H21N3O/c16-17-13-7-5-12(6-8-13)15(19)18-10-9-11-3-1-2-4-14(11)18/h5-8,11,14,17H,1-4,9-10,16H2. The van der Waals surface area contributed by atoms with Crippen molar-refractivity contribution in [1.82, 2.24) is 4.90 Å². The summed E-state index contributed by atoms with van der Waals surface area (Å²) < 4.78 is 0. The average molecular weight is 259 g/mol. The maximum absolute atomic E-state index is 12.6. The van der Waals surface area contributed by atoms with Crippen molar-refractivity contribution in [2.24, 2.45) is 11.8 Å². The van der Waals surface area contributed by atoms with Crippen molar-refractivity contribution in [1.29, 1.82) is 0 Å². The molecule has 2 fully saturated rings. The molecule has 4 heteroatoms. The van der Waals surface area contributed by atoms with E-state index in [1.54, 1.807) is 0 Å². The van der Waals surface area contributed by atoms with Crippen molar-refractivity contribution in [3.63, 3.8) is 0 Å². The highest BCUT2D eigenvalue weighted by molar-refractivity contribution is 5.95. The molecule has 2 atom stereocenters. The van der Waals surface area contributed by atoms with Gasteiger partial charge in [0.2, 0.25) is 0 Å². The topological polar surface area (TPSA) is 58.4 Å². The molecule has 0 radical (unpaired) electrons. The minimum atomic E-state index is 0.179. The van der Waals surface area contributed by atoms with Crippen LogP contribution in [0.25, 0.3) is 0 Å². The molecule has 2 aliphatic rings. The van der Waals surface area contributed by atoms with Gasteiger partial charge in [-0.3, -0.25) is 10.6 Å². The van der Waals surface area contributed by atoms with Crippen molar-refractivity contribution < 1.29 is 4.79 Å². The molecule has 19 heavy (non-hydrogen) atoms. The molecule has 2 unspecified atom stereocenters. The number of benzene rings is 1. The molecule has 1 aromatic rings. The van der Waals surface area contributed by atoms with E-state index in [0.717, 1.165) is 23.7 Å². The summed E-state index contributed by atoms with van der Waals surface area (Å²) in [4.78, 5) is 14.7. The third kappa shape index (κ3) is 2.32. The summed E-state index contributed by atoms with van der Waals surface area (Å²) in [5, 5.41) is 0. The first-order valence-electron chi connectivity index (χ1n) is 7.17. The molecule has 0 aromatic heterocycles. The van der Waals surface area contributed by atoms with Crippen LogP contribution >= 0.6 is 0 Å². The van der Waals surface area contributed by atoms with E-state index in [4.69, 9.17) is 5.84 Å². The Morgan fingerprint density at radius 3 is 2.63 bits per heavy atom. The molecule has 1 aliphatic heterocycles. The van der Waals surface area contributed by atoms with Gasteiger partial charge in [-0.25, -0.2) is 0 Å². The molecule has 102 valence electrons. The lowest BCUT2D eigenvalue weighted by molar-refractivity contribution is 0.0690. The summed E-state index contributed by atoms with van der Waals surface area (Å²) in [6.07, 6.45) is 6.25. The highest BCUT2D eigenvalue weighted by Gasteiger charge is 2.38. The van der Waals surface area contributed by atoms with Gasteiger partial charge in [-0.05, 0) is 49.4 Å². The number of hydrogen-bond donors (Lipinski definition) is 2. The monoisotopic (exact) mass is 259 g/mol. The van der Waals surface area contributed by atoms with Crippen molar-refractivity contribution in [2.75, 3.05) is 12.0 Å². The van der Waals surface area contributed by atoms with Crippen LogP contribution in [0.3, 0.4) is 0 Å². The van der Waals surface area contributed by atoms with Crippen LogP contribution < -0.4 is 11.3 Å². The largest absolute Gasteiger partial charge is 0.335 e. The molecule has 1 heterocycles. The zero-order valence-electron chi connectivity index (χ0n) is 11.1. The number of carbonyl (C=O) groups excluding carboxylic acids is 1. The Hall–Kier alpha value is -1.55. The zero-order valence-corrected chi connectivity index (χ0v) is 11.1. The summed E-state index contributed by atoms with van der Waals surface area (Å²) in [5.41, 5.74) is 4.18. The summed E-state index contributed by atoms with van der Waals surface area (Å²) in [6, 6.07) is 7.89. The van der Waals surface area contributed by atoms with E-state index >= 15 is 0 Å². The number of nitrogens with one attached hydrogen (secondary N) is 1. The van der Waals surface area contributed by atoms with Crippen molar-refractivity contribution in [2.45, 2.75) is 38.1 Å². The fourth-order valence-corrected chi connectivity index (χ4v) is 3.53. The predicted molar refractivity (Wildman–Crippen MR) is 75.7 cm³/mol. The second kappa shape index (κ2) is 5.21. The zero-order chi connectivity index (χ0) is 13.2. The number of carbonyl (C=O) groups is 1. The van der Waals surface area contributed by atoms with Crippen LogP contribution in [0.5, 0.6) is 0 Å². The molecule has 0 spiro atoms. The third-order valence-corrected chi connectivity index (χ3v) is 4.57. The minimum absolute atomic E-state index is 0.179. The lowest BCUT2D eigenvalue weighted by atomic mass is 9.85. The van der Waals surface area contributed by atoms with Crippen LogP contribution in [-0.4, -0.2) is 23.4 Å². The molecule has 3 rings (SSSR count). The van der Waals surface area contributed by atoms with Gasteiger partial charge in [-0.1, -0.05) is 12.8 Å². The lowest BCUT2D eigenvalue weighted by Crippen LogP contribution is -2.39. The second-order valence-corrected chi connectivity index (χ2v) is 5.62. The quantitative estimate of drug-likeness (QED) is 0.633. The summed E-state index contributed by atoms with van der Waals surface area (Å²) in [5.74, 6) is 6.26. The number of rotatable bonds is 2. The first-order chi connectivity index (χ1) is 9.29. The molecule has 1 saturated heterocycles. The smallest absolute Gasteiger partial charge is 0.254 e. The molecule has 1 amide bonds. The number of nitrogens with two attached hydrogens (primary N) is 1. The van der Waals surface area contributed by atoms with Crippen LogP contribution in [0.1, 0.15) is 42.5 Å². The third-order valence-electron chi connectivity index (χ3n) is 4.57. The van der Waals surface area contributed by atoms with Gasteiger partial charge in [0.15, 0.2) is 0 Å². The van der Waals surface area contributed by atoms with E-state index in [1.807, 2.05) is 24.3 Å². The maximum Gasteiger partial charge on any atom is 0.254 e. The molecule has 1 saturated carbocycles. The van der Waals surface area contributed by atoms with Crippen molar-refractivity contribution in [3.8, 4) is 0 Å². The maximum atomic E-state index is 12.6. The number of amides is 1. The number of hydrogen-bond acceptors (Lipinski definition) is 3. The van der Waals surface area contributed by atoms with Gasteiger partial charge in [0, 0.05) is 23.8 Å². The minimum Gasteiger partial charge on any atom is -0.335 e. The number of nitrogen functional groups attached to an aromatic ring is 1. The van der Waals surface area contributed by atoms with E-state index in [0.29, 0.717) is 6.04 Å². The van der Waals surface area contributed by atoms with Crippen LogP contribution in [0.4, 0.5) is 5.69 Å². The molecule has 0 bridgehead atoms. The summed E-state index contributed by atoms with van der Waals surface area (Å²) in [7, 11) is 0. The number of hydrazine groups is 1. The van der Waals surface area contributed by atoms with E-state index in [-0.39, 0.29) is 5.91 Å². The Morgan fingerprint density at radius 1 is 1.16 bits per heavy atom. The first kappa shape index (κ1) is 12.5. The Kier molecular flexibility index (Phi) is 3.42. The molecular weight excluding hydrogens is 238 g/mol. The fraction of sp³-hybridized carbons (Fsp3) is 0.533. The molecule has 4 nitrogen and oxygen atoms in total. The first-order valence-corrected chi connectivity index (χ1v) is 7.17. The van der Waals surface area contributed by atoms with E-state index < -0.39 is 0 Å². The van der Waals surface area contributed by atoms with Crippen LogP contribution in [0.15, 0.2) is 24.3 Å². The van der Waals surface area contributed by atoms with Crippen LogP contribution in [0.2, 0.25) is 0 Å². The van der Waals surface area contributed by atoms with E-state index in [1.165, 1.54) is 32.1 Å². The molecular formula is C15H21N3O. The fourth-order valence-electron chi connectivity index (χ4n) is 3.53. The highest BCUT2D eigenvalue weighted by atomic mass is 16.2. The Labute approximate surface area is 113 Å². The molecule has 1 aromatic carbocycles. The summed E-state index contributed by atoms with van der Waals surface area (Å²) >= 11 is 0. The highest BCUT2D eigenvalue weighted by Crippen LogP contribution is 2.36. The SMILES string of the molecule is NNc1ccc(C(=O)N2CCC3CCCCC32)cc1.